The highest BCUT2D eigenvalue weighted by Crippen LogP contribution is 2.31. The number of carbonyl (C=O) groups excluding carboxylic acids is 1. The van der Waals surface area contributed by atoms with Gasteiger partial charge in [-0.2, -0.15) is 0 Å². The van der Waals surface area contributed by atoms with Crippen molar-refractivity contribution in [1.29, 1.82) is 0 Å². The summed E-state index contributed by atoms with van der Waals surface area (Å²) in [6.07, 6.45) is 0. The van der Waals surface area contributed by atoms with Crippen LogP contribution in [-0.2, 0) is 0 Å². The summed E-state index contributed by atoms with van der Waals surface area (Å²) in [5, 5.41) is 3.25. The first kappa shape index (κ1) is 18.9. The number of rotatable bonds is 3. The van der Waals surface area contributed by atoms with Crippen molar-refractivity contribution in [3.05, 3.63) is 80.5 Å². The second kappa shape index (κ2) is 7.54. The van der Waals surface area contributed by atoms with Crippen LogP contribution in [0.1, 0.15) is 10.4 Å². The molecule has 0 spiro atoms. The molecule has 1 aromatic heterocycles. The van der Waals surface area contributed by atoms with Crippen molar-refractivity contribution in [1.82, 2.24) is 4.98 Å². The van der Waals surface area contributed by atoms with Gasteiger partial charge in [0.15, 0.2) is 5.58 Å². The number of fused-ring (bicyclic) bond motifs is 1. The van der Waals surface area contributed by atoms with Crippen LogP contribution in [0.15, 0.2) is 63.5 Å². The number of benzene rings is 3. The Balaban J connectivity index is 1.61. The molecular formula is C20H10BrCl2FN2O2. The fourth-order valence-electron chi connectivity index (χ4n) is 2.60. The third-order valence-corrected chi connectivity index (χ3v) is 5.51. The molecule has 0 saturated heterocycles. The summed E-state index contributed by atoms with van der Waals surface area (Å²) in [6, 6.07) is 14.3. The zero-order valence-corrected chi connectivity index (χ0v) is 17.1. The van der Waals surface area contributed by atoms with Crippen molar-refractivity contribution in [2.75, 3.05) is 5.32 Å². The highest BCUT2D eigenvalue weighted by atomic mass is 79.9. The zero-order chi connectivity index (χ0) is 19.8. The number of halogens is 4. The predicted octanol–water partition coefficient (Wildman–Crippen LogP) is 6.96. The van der Waals surface area contributed by atoms with Crippen molar-refractivity contribution in [2.45, 2.75) is 0 Å². The van der Waals surface area contributed by atoms with Crippen LogP contribution in [0.3, 0.4) is 0 Å². The molecule has 0 unspecified atom stereocenters. The fraction of sp³-hybridized carbons (Fsp3) is 0. The molecule has 140 valence electrons. The Labute approximate surface area is 177 Å². The van der Waals surface area contributed by atoms with Crippen LogP contribution in [0.25, 0.3) is 22.6 Å². The fourth-order valence-corrected chi connectivity index (χ4v) is 3.21. The number of anilines is 1. The van der Waals surface area contributed by atoms with Gasteiger partial charge in [-0.15, -0.1) is 0 Å². The van der Waals surface area contributed by atoms with E-state index in [1.165, 1.54) is 12.1 Å². The first-order chi connectivity index (χ1) is 13.4. The van der Waals surface area contributed by atoms with Crippen LogP contribution in [0.2, 0.25) is 10.0 Å². The number of amides is 1. The van der Waals surface area contributed by atoms with E-state index in [1.54, 1.807) is 30.3 Å². The second-order valence-electron chi connectivity index (χ2n) is 5.91. The van der Waals surface area contributed by atoms with Crippen LogP contribution in [0.4, 0.5) is 10.1 Å². The van der Waals surface area contributed by atoms with Crippen LogP contribution < -0.4 is 5.32 Å². The highest BCUT2D eigenvalue weighted by Gasteiger charge is 2.13. The van der Waals surface area contributed by atoms with E-state index >= 15 is 0 Å². The van der Waals surface area contributed by atoms with Crippen LogP contribution in [0.5, 0.6) is 0 Å². The first-order valence-electron chi connectivity index (χ1n) is 8.03. The minimum Gasteiger partial charge on any atom is -0.436 e. The number of hydrogen-bond donors (Lipinski definition) is 1. The van der Waals surface area contributed by atoms with Crippen molar-refractivity contribution in [3.63, 3.8) is 0 Å². The molecule has 0 aliphatic rings. The summed E-state index contributed by atoms with van der Waals surface area (Å²) in [7, 11) is 0. The third-order valence-electron chi connectivity index (χ3n) is 3.99. The molecular weight excluding hydrogens is 470 g/mol. The summed E-state index contributed by atoms with van der Waals surface area (Å²) < 4.78 is 20.1. The Kier molecular flexibility index (Phi) is 5.10. The minimum atomic E-state index is -0.653. The maximum Gasteiger partial charge on any atom is 0.255 e. The smallest absolute Gasteiger partial charge is 0.255 e. The first-order valence-corrected chi connectivity index (χ1v) is 9.58. The van der Waals surface area contributed by atoms with Gasteiger partial charge in [0, 0.05) is 21.3 Å². The van der Waals surface area contributed by atoms with Gasteiger partial charge in [-0.1, -0.05) is 23.2 Å². The number of oxazole rings is 1. The monoisotopic (exact) mass is 478 g/mol. The molecule has 1 heterocycles. The van der Waals surface area contributed by atoms with Gasteiger partial charge in [-0.05, 0) is 70.5 Å². The normalized spacial score (nSPS) is 11.0. The molecule has 28 heavy (non-hydrogen) atoms. The van der Waals surface area contributed by atoms with E-state index in [2.05, 4.69) is 26.2 Å². The highest BCUT2D eigenvalue weighted by molar-refractivity contribution is 9.10. The molecule has 0 radical (unpaired) electrons. The van der Waals surface area contributed by atoms with Gasteiger partial charge in [-0.3, -0.25) is 4.79 Å². The molecule has 4 aromatic rings. The van der Waals surface area contributed by atoms with Gasteiger partial charge < -0.3 is 9.73 Å². The lowest BCUT2D eigenvalue weighted by atomic mass is 10.2. The van der Waals surface area contributed by atoms with E-state index in [1.807, 2.05) is 6.07 Å². The Bertz CT molecular complexity index is 1230. The van der Waals surface area contributed by atoms with Crippen molar-refractivity contribution in [3.8, 4) is 11.5 Å². The number of nitrogens with one attached hydrogen (secondary N) is 1. The lowest BCUT2D eigenvalue weighted by Gasteiger charge is -2.05. The molecule has 0 aliphatic carbocycles. The third kappa shape index (κ3) is 3.76. The summed E-state index contributed by atoms with van der Waals surface area (Å²) >= 11 is 15.0. The van der Waals surface area contributed by atoms with Gasteiger partial charge in [0.2, 0.25) is 5.89 Å². The lowest BCUT2D eigenvalue weighted by molar-refractivity contribution is 0.102. The molecule has 0 saturated carbocycles. The van der Waals surface area contributed by atoms with Gasteiger partial charge >= 0.3 is 0 Å². The molecule has 4 rings (SSSR count). The molecule has 1 amide bonds. The van der Waals surface area contributed by atoms with Crippen molar-refractivity contribution >= 4 is 61.8 Å². The summed E-state index contributed by atoms with van der Waals surface area (Å²) in [6.45, 7) is 0. The molecule has 4 nitrogen and oxygen atoms in total. The molecule has 1 N–H and O–H groups in total. The maximum atomic E-state index is 13.6. The quantitative estimate of drug-likeness (QED) is 0.345. The van der Waals surface area contributed by atoms with Crippen LogP contribution in [0, 0.1) is 5.82 Å². The standard InChI is InChI=1S/C20H10BrCl2FN2O2/c21-13-7-11(2-4-14(13)22)20-26-17-9-12(3-6-18(17)28-20)25-19(27)10-1-5-15(23)16(24)8-10/h1-9H,(H,25,27). The Morgan fingerprint density at radius 2 is 1.82 bits per heavy atom. The molecule has 0 aliphatic heterocycles. The van der Waals surface area contributed by atoms with Crippen LogP contribution in [-0.4, -0.2) is 10.9 Å². The lowest BCUT2D eigenvalue weighted by Crippen LogP contribution is -2.12. The minimum absolute atomic E-state index is 0.0399. The SMILES string of the molecule is O=C(Nc1ccc2oc(-c3ccc(Cl)c(Br)c3)nc2c1)c1ccc(Cl)c(F)c1. The Morgan fingerprint density at radius 3 is 2.57 bits per heavy atom. The number of aromatic nitrogens is 1. The van der Waals surface area contributed by atoms with E-state index in [9.17, 15) is 9.18 Å². The Hall–Kier alpha value is -2.41. The number of hydrogen-bond acceptors (Lipinski definition) is 3. The van der Waals surface area contributed by atoms with Gasteiger partial charge in [-0.25, -0.2) is 9.37 Å². The average molecular weight is 480 g/mol. The molecule has 0 fully saturated rings. The topological polar surface area (TPSA) is 55.1 Å². The van der Waals surface area contributed by atoms with Gasteiger partial charge in [0.05, 0.1) is 10.0 Å². The van der Waals surface area contributed by atoms with Crippen LogP contribution >= 0.6 is 39.1 Å². The van der Waals surface area contributed by atoms with E-state index in [0.29, 0.717) is 27.7 Å². The second-order valence-corrected chi connectivity index (χ2v) is 7.58. The zero-order valence-electron chi connectivity index (χ0n) is 14.0. The van der Waals surface area contributed by atoms with Gasteiger partial charge in [0.1, 0.15) is 11.3 Å². The van der Waals surface area contributed by atoms with Crippen molar-refractivity contribution < 1.29 is 13.6 Å². The van der Waals surface area contributed by atoms with Gasteiger partial charge in [0.25, 0.3) is 5.91 Å². The molecule has 0 atom stereocenters. The largest absolute Gasteiger partial charge is 0.436 e. The summed E-state index contributed by atoms with van der Waals surface area (Å²) in [4.78, 5) is 16.8. The van der Waals surface area contributed by atoms with Crippen molar-refractivity contribution in [2.24, 2.45) is 0 Å². The van der Waals surface area contributed by atoms with E-state index in [4.69, 9.17) is 27.6 Å². The van der Waals surface area contributed by atoms with E-state index in [0.717, 1.165) is 16.1 Å². The summed E-state index contributed by atoms with van der Waals surface area (Å²) in [5.41, 5.74) is 2.56. The predicted molar refractivity (Wildman–Crippen MR) is 112 cm³/mol. The summed E-state index contributed by atoms with van der Waals surface area (Å²) in [5.74, 6) is -0.684. The molecule has 0 bridgehead atoms. The Morgan fingerprint density at radius 1 is 1.04 bits per heavy atom. The molecule has 3 aromatic carbocycles. The molecule has 8 heteroatoms. The number of carbonyl (C=O) groups is 1. The van der Waals surface area contributed by atoms with E-state index in [-0.39, 0.29) is 10.6 Å². The average Bonchev–Trinajstić information content (AvgIpc) is 3.09. The maximum absolute atomic E-state index is 13.6. The number of nitrogens with zero attached hydrogens (tertiary/aromatic N) is 1. The van der Waals surface area contributed by atoms with E-state index < -0.39 is 11.7 Å².